The third-order valence-electron chi connectivity index (χ3n) is 2.39. The lowest BCUT2D eigenvalue weighted by atomic mass is 10.3. The van der Waals surface area contributed by atoms with Crippen LogP contribution in [0.15, 0.2) is 0 Å². The highest BCUT2D eigenvalue weighted by Crippen LogP contribution is 2.20. The Bertz CT molecular complexity index is 325. The molecule has 2 aliphatic rings. The molecule has 13 heavy (non-hydrogen) atoms. The molecule has 0 N–H and O–H groups in total. The minimum absolute atomic E-state index is 0.0332. The number of hydrogen-bond acceptors (Lipinski definition) is 3. The zero-order chi connectivity index (χ0) is 9.47. The van der Waals surface area contributed by atoms with E-state index in [1.807, 2.05) is 0 Å². The summed E-state index contributed by atoms with van der Waals surface area (Å²) in [6.45, 7) is 0.655. The molecule has 0 aromatic rings. The van der Waals surface area contributed by atoms with E-state index in [4.69, 9.17) is 0 Å². The van der Waals surface area contributed by atoms with Gasteiger partial charge in [0.05, 0.1) is 5.75 Å². The molecule has 2 rings (SSSR count). The average molecular weight is 203 g/mol. The zero-order valence-electron chi connectivity index (χ0n) is 7.14. The van der Waals surface area contributed by atoms with Crippen LogP contribution in [-0.2, 0) is 14.8 Å². The summed E-state index contributed by atoms with van der Waals surface area (Å²) in [7, 11) is -3.23. The van der Waals surface area contributed by atoms with Gasteiger partial charge in [-0.15, -0.1) is 0 Å². The molecule has 73 valence electrons. The third kappa shape index (κ3) is 1.68. The first-order valence-electron chi connectivity index (χ1n) is 4.33. The maximum absolute atomic E-state index is 11.2. The fourth-order valence-electron chi connectivity index (χ4n) is 1.74. The van der Waals surface area contributed by atoms with Gasteiger partial charge in [-0.25, -0.2) is 8.42 Å². The summed E-state index contributed by atoms with van der Waals surface area (Å²) in [4.78, 5) is 12.8. The summed E-state index contributed by atoms with van der Waals surface area (Å²) in [6, 6.07) is 0. The largest absolute Gasteiger partial charge is 0.324 e. The van der Waals surface area contributed by atoms with Gasteiger partial charge in [0, 0.05) is 13.0 Å². The van der Waals surface area contributed by atoms with Crippen molar-refractivity contribution in [2.45, 2.75) is 25.4 Å². The maximum Gasteiger partial charge on any atom is 0.230 e. The summed E-state index contributed by atoms with van der Waals surface area (Å²) in [5.74, 6) is 0.118. The van der Waals surface area contributed by atoms with E-state index in [1.54, 1.807) is 4.90 Å². The van der Waals surface area contributed by atoms with Crippen LogP contribution in [0.3, 0.4) is 0 Å². The Morgan fingerprint density at radius 2 is 2.23 bits per heavy atom. The summed E-state index contributed by atoms with van der Waals surface area (Å²) in [6.07, 6.45) is 1.42. The molecule has 2 heterocycles. The predicted molar refractivity (Wildman–Crippen MR) is 45.3 cm³/mol. The lowest BCUT2D eigenvalue weighted by Gasteiger charge is -2.20. The number of rotatable bonds is 1. The van der Waals surface area contributed by atoms with Crippen molar-refractivity contribution >= 4 is 15.9 Å². The molecule has 0 bridgehead atoms. The molecule has 1 radical (unpaired) electrons. The van der Waals surface area contributed by atoms with Gasteiger partial charge in [-0.1, -0.05) is 4.72 Å². The summed E-state index contributed by atoms with van der Waals surface area (Å²) < 4.78 is 25.6. The Morgan fingerprint density at radius 1 is 1.46 bits per heavy atom. The van der Waals surface area contributed by atoms with Crippen LogP contribution in [0.25, 0.3) is 0 Å². The number of hydrogen-bond donors (Lipinski definition) is 0. The van der Waals surface area contributed by atoms with Crippen molar-refractivity contribution in [3.63, 3.8) is 0 Å². The molecular formula is C7H11N2O3S. The Kier molecular flexibility index (Phi) is 2.03. The molecule has 0 aromatic carbocycles. The van der Waals surface area contributed by atoms with E-state index in [0.29, 0.717) is 19.4 Å². The fourth-order valence-corrected chi connectivity index (χ4v) is 2.95. The van der Waals surface area contributed by atoms with Gasteiger partial charge in [0.25, 0.3) is 0 Å². The van der Waals surface area contributed by atoms with Crippen molar-refractivity contribution in [2.24, 2.45) is 0 Å². The molecule has 5 nitrogen and oxygen atoms in total. The van der Waals surface area contributed by atoms with E-state index in [-0.39, 0.29) is 11.7 Å². The van der Waals surface area contributed by atoms with E-state index in [1.165, 1.54) is 0 Å². The number of carbonyl (C=O) groups is 1. The Morgan fingerprint density at radius 3 is 2.69 bits per heavy atom. The second kappa shape index (κ2) is 2.95. The standard InChI is InChI=1S/C7H11N2O3S/c10-7-2-1-4-9(7)6-3-5-13(11,12)8-6/h6H,1-5H2. The van der Waals surface area contributed by atoms with E-state index in [2.05, 4.69) is 4.72 Å². The van der Waals surface area contributed by atoms with Gasteiger partial charge in [-0.2, -0.15) is 0 Å². The van der Waals surface area contributed by atoms with E-state index >= 15 is 0 Å². The first-order chi connectivity index (χ1) is 6.08. The molecule has 6 heteroatoms. The van der Waals surface area contributed by atoms with Gasteiger partial charge in [-0.05, 0) is 12.8 Å². The lowest BCUT2D eigenvalue weighted by Crippen LogP contribution is -2.39. The highest BCUT2D eigenvalue weighted by atomic mass is 32.2. The molecular weight excluding hydrogens is 192 g/mol. The fraction of sp³-hybridized carbons (Fsp3) is 0.857. The summed E-state index contributed by atoms with van der Waals surface area (Å²) in [5, 5.41) is 0. The molecule has 0 aromatic heterocycles. The maximum atomic E-state index is 11.2. The smallest absolute Gasteiger partial charge is 0.230 e. The summed E-state index contributed by atoms with van der Waals surface area (Å²) in [5.41, 5.74) is 0. The number of nitrogens with zero attached hydrogens (tertiary/aromatic N) is 2. The van der Waals surface area contributed by atoms with Crippen molar-refractivity contribution in [3.8, 4) is 0 Å². The van der Waals surface area contributed by atoms with Gasteiger partial charge in [-0.3, -0.25) is 4.79 Å². The quantitative estimate of drug-likeness (QED) is 0.564. The van der Waals surface area contributed by atoms with Crippen LogP contribution in [0.1, 0.15) is 19.3 Å². The first kappa shape index (κ1) is 8.96. The number of likely N-dealkylation sites (tertiary alicyclic amines) is 1. The first-order valence-corrected chi connectivity index (χ1v) is 5.94. The van der Waals surface area contributed by atoms with Gasteiger partial charge in [0.2, 0.25) is 15.9 Å². The minimum Gasteiger partial charge on any atom is -0.324 e. The minimum atomic E-state index is -3.23. The predicted octanol–water partition coefficient (Wildman–Crippen LogP) is -0.727. The van der Waals surface area contributed by atoms with Crippen LogP contribution in [0.5, 0.6) is 0 Å². The Hall–Kier alpha value is -0.620. The molecule has 2 saturated heterocycles. The highest BCUT2D eigenvalue weighted by molar-refractivity contribution is 7.89. The SMILES string of the molecule is O=C1CCCN1C1CCS(=O)(=O)[N]1. The molecule has 2 aliphatic heterocycles. The van der Waals surface area contributed by atoms with E-state index in [9.17, 15) is 13.2 Å². The molecule has 1 atom stereocenters. The van der Waals surface area contributed by atoms with Crippen LogP contribution >= 0.6 is 0 Å². The van der Waals surface area contributed by atoms with Crippen molar-refractivity contribution in [3.05, 3.63) is 0 Å². The van der Waals surface area contributed by atoms with E-state index < -0.39 is 16.2 Å². The molecule has 0 spiro atoms. The number of amides is 1. The van der Waals surface area contributed by atoms with Crippen molar-refractivity contribution in [1.82, 2.24) is 9.62 Å². The Balaban J connectivity index is 2.07. The van der Waals surface area contributed by atoms with Gasteiger partial charge in [0.15, 0.2) is 0 Å². The van der Waals surface area contributed by atoms with Crippen LogP contribution in [0, 0.1) is 0 Å². The molecule has 0 saturated carbocycles. The Labute approximate surface area is 77.1 Å². The third-order valence-corrected chi connectivity index (χ3v) is 3.70. The lowest BCUT2D eigenvalue weighted by molar-refractivity contribution is -0.129. The number of sulfonamides is 1. The topological polar surface area (TPSA) is 68.6 Å². The molecule has 1 unspecified atom stereocenters. The van der Waals surface area contributed by atoms with Crippen LogP contribution in [0.4, 0.5) is 0 Å². The van der Waals surface area contributed by atoms with Crippen molar-refractivity contribution in [2.75, 3.05) is 12.3 Å². The van der Waals surface area contributed by atoms with E-state index in [0.717, 1.165) is 6.42 Å². The van der Waals surface area contributed by atoms with Crippen LogP contribution in [0.2, 0.25) is 0 Å². The zero-order valence-corrected chi connectivity index (χ0v) is 7.96. The highest BCUT2D eigenvalue weighted by Gasteiger charge is 2.37. The monoisotopic (exact) mass is 203 g/mol. The molecule has 1 amide bonds. The number of carbonyl (C=O) groups excluding carboxylic acids is 1. The average Bonchev–Trinajstić information content (AvgIpc) is 2.56. The van der Waals surface area contributed by atoms with Crippen molar-refractivity contribution < 1.29 is 13.2 Å². The normalized spacial score (nSPS) is 32.8. The van der Waals surface area contributed by atoms with Gasteiger partial charge < -0.3 is 4.90 Å². The second-order valence-electron chi connectivity index (χ2n) is 3.35. The van der Waals surface area contributed by atoms with Crippen LogP contribution < -0.4 is 4.72 Å². The van der Waals surface area contributed by atoms with Crippen molar-refractivity contribution in [1.29, 1.82) is 0 Å². The van der Waals surface area contributed by atoms with Gasteiger partial charge in [0.1, 0.15) is 6.17 Å². The second-order valence-corrected chi connectivity index (χ2v) is 5.13. The van der Waals surface area contributed by atoms with Gasteiger partial charge >= 0.3 is 0 Å². The molecule has 2 fully saturated rings. The van der Waals surface area contributed by atoms with Crippen LogP contribution in [-0.4, -0.2) is 37.7 Å². The molecule has 0 aliphatic carbocycles. The summed E-state index contributed by atoms with van der Waals surface area (Å²) >= 11 is 0.